The van der Waals surface area contributed by atoms with Crippen molar-refractivity contribution in [1.29, 1.82) is 0 Å². The van der Waals surface area contributed by atoms with Gasteiger partial charge in [-0.2, -0.15) is 0 Å². The Labute approximate surface area is 218 Å². The molecule has 1 amide bonds. The maximum absolute atomic E-state index is 13.5. The number of benzene rings is 2. The van der Waals surface area contributed by atoms with Crippen molar-refractivity contribution >= 4 is 6.09 Å². The Balaban J connectivity index is 1.19. The molecule has 2 heterocycles. The molecule has 37 heavy (non-hydrogen) atoms. The van der Waals surface area contributed by atoms with E-state index in [2.05, 4.69) is 4.90 Å². The number of piperidine rings is 1. The maximum Gasteiger partial charge on any atom is 0.413 e. The van der Waals surface area contributed by atoms with Crippen LogP contribution in [0.3, 0.4) is 0 Å². The first-order valence-electron chi connectivity index (χ1n) is 13.8. The van der Waals surface area contributed by atoms with Crippen molar-refractivity contribution < 1.29 is 23.4 Å². The molecule has 7 heteroatoms. The van der Waals surface area contributed by atoms with Crippen LogP contribution in [-0.2, 0) is 4.74 Å². The lowest BCUT2D eigenvalue weighted by atomic mass is 9.80. The lowest BCUT2D eigenvalue weighted by Gasteiger charge is -2.46. The number of aliphatic hydroxyl groups is 1. The summed E-state index contributed by atoms with van der Waals surface area (Å²) >= 11 is 0. The van der Waals surface area contributed by atoms with Crippen LogP contribution in [0.5, 0.6) is 0 Å². The summed E-state index contributed by atoms with van der Waals surface area (Å²) in [5.41, 5.74) is -0.123. The highest BCUT2D eigenvalue weighted by molar-refractivity contribution is 5.73. The molecule has 0 bridgehead atoms. The number of halogens is 2. The molecule has 1 unspecified atom stereocenters. The zero-order valence-electron chi connectivity index (χ0n) is 21.7. The smallest absolute Gasteiger partial charge is 0.413 e. The molecule has 1 atom stereocenters. The number of likely N-dealkylation sites (tertiary alicyclic amines) is 1. The van der Waals surface area contributed by atoms with Crippen molar-refractivity contribution in [2.75, 3.05) is 19.6 Å². The molecule has 1 saturated carbocycles. The summed E-state index contributed by atoms with van der Waals surface area (Å²) < 4.78 is 33.0. The van der Waals surface area contributed by atoms with Crippen molar-refractivity contribution in [2.45, 2.75) is 88.0 Å². The van der Waals surface area contributed by atoms with Crippen LogP contribution in [0.1, 0.15) is 81.8 Å². The Kier molecular flexibility index (Phi) is 7.55. The van der Waals surface area contributed by atoms with E-state index in [9.17, 15) is 18.7 Å². The Morgan fingerprint density at radius 3 is 2.03 bits per heavy atom. The molecule has 5 rings (SSSR count). The average Bonchev–Trinajstić information content (AvgIpc) is 3.08. The highest BCUT2D eigenvalue weighted by Gasteiger charge is 2.63. The van der Waals surface area contributed by atoms with Gasteiger partial charge in [0.25, 0.3) is 0 Å². The molecule has 3 fully saturated rings. The van der Waals surface area contributed by atoms with Gasteiger partial charge in [0.2, 0.25) is 0 Å². The third kappa shape index (κ3) is 5.26. The molecular formula is C30H38F2N2O3. The van der Waals surface area contributed by atoms with E-state index in [0.717, 1.165) is 69.3 Å². The molecule has 2 aliphatic heterocycles. The summed E-state index contributed by atoms with van der Waals surface area (Å²) in [6.07, 6.45) is 7.81. The van der Waals surface area contributed by atoms with Gasteiger partial charge in [0.15, 0.2) is 11.3 Å². The first-order chi connectivity index (χ1) is 17.8. The Hall–Kier alpha value is -2.51. The van der Waals surface area contributed by atoms with E-state index in [0.29, 0.717) is 12.8 Å². The zero-order valence-corrected chi connectivity index (χ0v) is 21.7. The molecule has 1 aliphatic carbocycles. The lowest BCUT2D eigenvalue weighted by Crippen LogP contribution is -2.62. The SMILES string of the molecule is CC1(O)N(C2CCCCC2)C(=O)OC12CCN(CCCC(c1ccc(F)cc1)c1ccc(F)cc1)CC2. The second kappa shape index (κ2) is 10.7. The van der Waals surface area contributed by atoms with Crippen molar-refractivity contribution in [2.24, 2.45) is 0 Å². The fourth-order valence-electron chi connectivity index (χ4n) is 6.70. The molecule has 2 aromatic rings. The maximum atomic E-state index is 13.5. The lowest BCUT2D eigenvalue weighted by molar-refractivity contribution is -0.174. The van der Waals surface area contributed by atoms with Crippen LogP contribution >= 0.6 is 0 Å². The third-order valence-corrected chi connectivity index (χ3v) is 8.93. The highest BCUT2D eigenvalue weighted by atomic mass is 19.1. The van der Waals surface area contributed by atoms with E-state index in [4.69, 9.17) is 4.74 Å². The van der Waals surface area contributed by atoms with Crippen LogP contribution in [0.4, 0.5) is 13.6 Å². The monoisotopic (exact) mass is 512 g/mol. The standard InChI is InChI=1S/C30H38F2N2O3/c1-29(36)30(37-28(35)34(29)26-6-3-2-4-7-26)17-20-33(21-18-30)19-5-8-27(22-9-13-24(31)14-10-22)23-11-15-25(32)16-12-23/h9-16,26-27,36H,2-8,17-21H2,1H3. The molecule has 1 spiro atoms. The molecule has 0 aromatic heterocycles. The molecule has 2 saturated heterocycles. The van der Waals surface area contributed by atoms with Crippen LogP contribution in [-0.4, -0.2) is 58.0 Å². The molecule has 1 N–H and O–H groups in total. The number of hydrogen-bond donors (Lipinski definition) is 1. The van der Waals surface area contributed by atoms with Crippen LogP contribution < -0.4 is 0 Å². The van der Waals surface area contributed by atoms with Crippen molar-refractivity contribution in [3.05, 3.63) is 71.3 Å². The van der Waals surface area contributed by atoms with Gasteiger partial charge in [0, 0.05) is 37.9 Å². The van der Waals surface area contributed by atoms with Gasteiger partial charge in [-0.25, -0.2) is 13.6 Å². The van der Waals surface area contributed by atoms with E-state index in [1.807, 2.05) is 24.3 Å². The van der Waals surface area contributed by atoms with Gasteiger partial charge in [-0.15, -0.1) is 0 Å². The molecule has 0 radical (unpaired) electrons. The van der Waals surface area contributed by atoms with E-state index in [-0.39, 0.29) is 29.7 Å². The molecule has 200 valence electrons. The largest absolute Gasteiger partial charge is 0.437 e. The first-order valence-corrected chi connectivity index (χ1v) is 13.8. The van der Waals surface area contributed by atoms with Crippen LogP contribution in [0.2, 0.25) is 0 Å². The fraction of sp³-hybridized carbons (Fsp3) is 0.567. The van der Waals surface area contributed by atoms with E-state index in [1.54, 1.807) is 11.8 Å². The van der Waals surface area contributed by atoms with Crippen LogP contribution in [0.15, 0.2) is 48.5 Å². The van der Waals surface area contributed by atoms with Gasteiger partial charge < -0.3 is 14.7 Å². The van der Waals surface area contributed by atoms with Gasteiger partial charge in [0.05, 0.1) is 0 Å². The molecule has 2 aromatic carbocycles. The Morgan fingerprint density at radius 1 is 0.946 bits per heavy atom. The Bertz CT molecular complexity index is 1010. The molecule has 5 nitrogen and oxygen atoms in total. The molecular weight excluding hydrogens is 474 g/mol. The first kappa shape index (κ1) is 26.1. The summed E-state index contributed by atoms with van der Waals surface area (Å²) in [7, 11) is 0. The number of carbonyl (C=O) groups excluding carboxylic acids is 1. The number of ether oxygens (including phenoxy) is 1. The van der Waals surface area contributed by atoms with Gasteiger partial charge in [-0.05, 0) is 74.5 Å². The quantitative estimate of drug-likeness (QED) is 0.480. The predicted molar refractivity (Wildman–Crippen MR) is 138 cm³/mol. The van der Waals surface area contributed by atoms with Crippen LogP contribution in [0, 0.1) is 11.6 Å². The van der Waals surface area contributed by atoms with E-state index < -0.39 is 11.3 Å². The summed E-state index contributed by atoms with van der Waals surface area (Å²) in [5.74, 6) is -0.485. The number of rotatable bonds is 7. The Morgan fingerprint density at radius 2 is 1.49 bits per heavy atom. The predicted octanol–water partition coefficient (Wildman–Crippen LogP) is 6.20. The third-order valence-electron chi connectivity index (χ3n) is 8.93. The van der Waals surface area contributed by atoms with Crippen molar-refractivity contribution in [1.82, 2.24) is 9.80 Å². The number of nitrogens with zero attached hydrogens (tertiary/aromatic N) is 2. The normalized spacial score (nSPS) is 24.7. The van der Waals surface area contributed by atoms with Gasteiger partial charge in [-0.1, -0.05) is 43.5 Å². The summed E-state index contributed by atoms with van der Waals surface area (Å²) in [5, 5.41) is 11.6. The van der Waals surface area contributed by atoms with Gasteiger partial charge in [0.1, 0.15) is 11.6 Å². The van der Waals surface area contributed by atoms with Crippen molar-refractivity contribution in [3.8, 4) is 0 Å². The number of carbonyl (C=O) groups is 1. The second-order valence-corrected chi connectivity index (χ2v) is 11.2. The summed E-state index contributed by atoms with van der Waals surface area (Å²) in [4.78, 5) is 16.9. The fourth-order valence-corrected chi connectivity index (χ4v) is 6.70. The minimum atomic E-state index is -1.30. The zero-order chi connectivity index (χ0) is 26.0. The summed E-state index contributed by atoms with van der Waals surface area (Å²) in [6, 6.07) is 13.2. The van der Waals surface area contributed by atoms with Crippen molar-refractivity contribution in [3.63, 3.8) is 0 Å². The topological polar surface area (TPSA) is 53.0 Å². The van der Waals surface area contributed by atoms with Gasteiger partial charge >= 0.3 is 6.09 Å². The second-order valence-electron chi connectivity index (χ2n) is 11.2. The molecule has 3 aliphatic rings. The van der Waals surface area contributed by atoms with Gasteiger partial charge in [-0.3, -0.25) is 4.90 Å². The summed E-state index contributed by atoms with van der Waals surface area (Å²) in [6.45, 7) is 4.13. The average molecular weight is 513 g/mol. The number of hydrogen-bond acceptors (Lipinski definition) is 4. The van der Waals surface area contributed by atoms with Crippen LogP contribution in [0.25, 0.3) is 0 Å². The van der Waals surface area contributed by atoms with E-state index in [1.165, 1.54) is 30.7 Å². The minimum absolute atomic E-state index is 0.0536. The van der Waals surface area contributed by atoms with E-state index >= 15 is 0 Å². The number of amides is 1. The minimum Gasteiger partial charge on any atom is -0.437 e. The highest BCUT2D eigenvalue weighted by Crippen LogP contribution is 2.47.